The molecule has 1 unspecified atom stereocenters. The summed E-state index contributed by atoms with van der Waals surface area (Å²) in [6.45, 7) is 0.859. The molecule has 3 rings (SSSR count). The van der Waals surface area contributed by atoms with Gasteiger partial charge in [0.05, 0.1) is 12.8 Å². The van der Waals surface area contributed by atoms with Gasteiger partial charge in [0.25, 0.3) is 0 Å². The minimum absolute atomic E-state index is 0.286. The Morgan fingerprint density at radius 3 is 2.89 bits per heavy atom. The van der Waals surface area contributed by atoms with E-state index in [1.54, 1.807) is 0 Å². The molecule has 2 heteroatoms. The van der Waals surface area contributed by atoms with Crippen molar-refractivity contribution in [3.8, 4) is 0 Å². The molecule has 92 valence electrons. The Labute approximate surface area is 107 Å². The average Bonchev–Trinajstić information content (AvgIpc) is 2.46. The van der Waals surface area contributed by atoms with Crippen LogP contribution in [0.4, 0.5) is 5.69 Å². The number of rotatable bonds is 3. The molecule has 18 heavy (non-hydrogen) atoms. The van der Waals surface area contributed by atoms with Gasteiger partial charge < -0.3 is 10.1 Å². The highest BCUT2D eigenvalue weighted by atomic mass is 16.5. The van der Waals surface area contributed by atoms with E-state index in [0.29, 0.717) is 0 Å². The molecular weight excluding hydrogens is 222 g/mol. The van der Waals surface area contributed by atoms with Crippen LogP contribution >= 0.6 is 0 Å². The first-order valence-corrected chi connectivity index (χ1v) is 6.45. The summed E-state index contributed by atoms with van der Waals surface area (Å²) in [6, 6.07) is 14.8. The van der Waals surface area contributed by atoms with E-state index < -0.39 is 0 Å². The second kappa shape index (κ2) is 5.13. The zero-order valence-corrected chi connectivity index (χ0v) is 10.3. The Morgan fingerprint density at radius 1 is 1.11 bits per heavy atom. The summed E-state index contributed by atoms with van der Waals surface area (Å²) in [7, 11) is 0. The van der Waals surface area contributed by atoms with Crippen LogP contribution in [0.25, 0.3) is 10.8 Å². The zero-order valence-electron chi connectivity index (χ0n) is 10.3. The van der Waals surface area contributed by atoms with Crippen molar-refractivity contribution in [1.82, 2.24) is 0 Å². The van der Waals surface area contributed by atoms with Crippen LogP contribution in [0.5, 0.6) is 0 Å². The lowest BCUT2D eigenvalue weighted by Gasteiger charge is -2.20. The lowest BCUT2D eigenvalue weighted by molar-refractivity contribution is 0.135. The Balaban J connectivity index is 1.76. The molecule has 1 atom stereocenters. The SMILES string of the molecule is C1=COC(CNc2cccc3ccccc23)CC1. The first-order valence-electron chi connectivity index (χ1n) is 6.45. The minimum atomic E-state index is 0.286. The summed E-state index contributed by atoms with van der Waals surface area (Å²) < 4.78 is 5.57. The molecule has 2 nitrogen and oxygen atoms in total. The number of allylic oxidation sites excluding steroid dienone is 1. The predicted molar refractivity (Wildman–Crippen MR) is 75.7 cm³/mol. The van der Waals surface area contributed by atoms with Crippen LogP contribution in [-0.2, 0) is 4.74 Å². The van der Waals surface area contributed by atoms with Gasteiger partial charge >= 0.3 is 0 Å². The maximum atomic E-state index is 5.57. The van der Waals surface area contributed by atoms with Crippen molar-refractivity contribution in [3.63, 3.8) is 0 Å². The highest BCUT2D eigenvalue weighted by Crippen LogP contribution is 2.23. The maximum absolute atomic E-state index is 5.57. The lowest BCUT2D eigenvalue weighted by atomic mass is 10.1. The van der Waals surface area contributed by atoms with Crippen molar-refractivity contribution in [3.05, 3.63) is 54.8 Å². The molecule has 1 heterocycles. The van der Waals surface area contributed by atoms with Crippen LogP contribution < -0.4 is 5.32 Å². The summed E-state index contributed by atoms with van der Waals surface area (Å²) in [5.74, 6) is 0. The molecular formula is C16H17NO. The molecule has 0 fully saturated rings. The highest BCUT2D eigenvalue weighted by molar-refractivity contribution is 5.93. The molecule has 1 aliphatic rings. The van der Waals surface area contributed by atoms with E-state index in [2.05, 4.69) is 53.9 Å². The second-order valence-corrected chi connectivity index (χ2v) is 4.61. The third kappa shape index (κ3) is 2.33. The molecule has 0 saturated heterocycles. The summed E-state index contributed by atoms with van der Waals surface area (Å²) in [5.41, 5.74) is 1.19. The summed E-state index contributed by atoms with van der Waals surface area (Å²) >= 11 is 0. The van der Waals surface area contributed by atoms with Crippen LogP contribution in [-0.4, -0.2) is 12.6 Å². The third-order valence-corrected chi connectivity index (χ3v) is 3.33. The molecule has 0 saturated carbocycles. The molecule has 0 spiro atoms. The number of fused-ring (bicyclic) bond motifs is 1. The number of benzene rings is 2. The molecule has 0 aromatic heterocycles. The normalized spacial score (nSPS) is 18.6. The smallest absolute Gasteiger partial charge is 0.115 e. The number of hydrogen-bond acceptors (Lipinski definition) is 2. The molecule has 1 aliphatic heterocycles. The van der Waals surface area contributed by atoms with Gasteiger partial charge in [-0.25, -0.2) is 0 Å². The molecule has 0 bridgehead atoms. The van der Waals surface area contributed by atoms with Gasteiger partial charge in [-0.2, -0.15) is 0 Å². The predicted octanol–water partition coefficient (Wildman–Crippen LogP) is 3.94. The fourth-order valence-electron chi connectivity index (χ4n) is 2.34. The van der Waals surface area contributed by atoms with Gasteiger partial charge in [0.1, 0.15) is 6.10 Å². The first-order chi connectivity index (χ1) is 8.93. The van der Waals surface area contributed by atoms with Crippen molar-refractivity contribution < 1.29 is 4.74 Å². The van der Waals surface area contributed by atoms with Crippen LogP contribution in [0.2, 0.25) is 0 Å². The first kappa shape index (κ1) is 11.1. The standard InChI is InChI=1S/C16H17NO/c1-2-9-15-13(6-1)7-5-10-16(15)17-12-14-8-3-4-11-18-14/h1-2,4-7,9-11,14,17H,3,8,12H2. The van der Waals surface area contributed by atoms with Gasteiger partial charge in [0.2, 0.25) is 0 Å². The molecule has 0 amide bonds. The van der Waals surface area contributed by atoms with Gasteiger partial charge in [0, 0.05) is 11.1 Å². The Kier molecular flexibility index (Phi) is 3.18. The average molecular weight is 239 g/mol. The van der Waals surface area contributed by atoms with E-state index >= 15 is 0 Å². The van der Waals surface area contributed by atoms with Crippen molar-refractivity contribution in [2.24, 2.45) is 0 Å². The van der Waals surface area contributed by atoms with E-state index in [4.69, 9.17) is 4.74 Å². The number of nitrogens with one attached hydrogen (secondary N) is 1. The van der Waals surface area contributed by atoms with Gasteiger partial charge in [-0.05, 0) is 30.4 Å². The van der Waals surface area contributed by atoms with Gasteiger partial charge in [-0.3, -0.25) is 0 Å². The second-order valence-electron chi connectivity index (χ2n) is 4.61. The molecule has 0 aliphatic carbocycles. The summed E-state index contributed by atoms with van der Waals surface area (Å²) in [5, 5.41) is 6.04. The van der Waals surface area contributed by atoms with E-state index in [-0.39, 0.29) is 6.10 Å². The van der Waals surface area contributed by atoms with Crippen molar-refractivity contribution in [1.29, 1.82) is 0 Å². The quantitative estimate of drug-likeness (QED) is 0.875. The monoisotopic (exact) mass is 239 g/mol. The van der Waals surface area contributed by atoms with Crippen molar-refractivity contribution in [2.45, 2.75) is 18.9 Å². The Morgan fingerprint density at radius 2 is 2.00 bits per heavy atom. The maximum Gasteiger partial charge on any atom is 0.115 e. The van der Waals surface area contributed by atoms with E-state index in [1.165, 1.54) is 16.5 Å². The van der Waals surface area contributed by atoms with Crippen molar-refractivity contribution >= 4 is 16.5 Å². The summed E-state index contributed by atoms with van der Waals surface area (Å²) in [6.07, 6.45) is 6.39. The molecule has 2 aromatic carbocycles. The number of ether oxygens (including phenoxy) is 1. The van der Waals surface area contributed by atoms with E-state index in [0.717, 1.165) is 19.4 Å². The molecule has 0 radical (unpaired) electrons. The summed E-state index contributed by atoms with van der Waals surface area (Å²) in [4.78, 5) is 0. The van der Waals surface area contributed by atoms with Crippen LogP contribution in [0, 0.1) is 0 Å². The molecule has 1 N–H and O–H groups in total. The Bertz CT molecular complexity index is 557. The van der Waals surface area contributed by atoms with Gasteiger partial charge in [-0.1, -0.05) is 36.4 Å². The molecule has 2 aromatic rings. The Hall–Kier alpha value is -1.96. The van der Waals surface area contributed by atoms with Crippen molar-refractivity contribution in [2.75, 3.05) is 11.9 Å². The van der Waals surface area contributed by atoms with Crippen LogP contribution in [0.15, 0.2) is 54.8 Å². The number of anilines is 1. The van der Waals surface area contributed by atoms with Crippen LogP contribution in [0.1, 0.15) is 12.8 Å². The van der Waals surface area contributed by atoms with E-state index in [9.17, 15) is 0 Å². The van der Waals surface area contributed by atoms with Gasteiger partial charge in [-0.15, -0.1) is 0 Å². The fraction of sp³-hybridized carbons (Fsp3) is 0.250. The minimum Gasteiger partial charge on any atom is -0.497 e. The van der Waals surface area contributed by atoms with Gasteiger partial charge in [0.15, 0.2) is 0 Å². The van der Waals surface area contributed by atoms with Crippen LogP contribution in [0.3, 0.4) is 0 Å². The van der Waals surface area contributed by atoms with E-state index in [1.807, 2.05) is 6.26 Å². The third-order valence-electron chi connectivity index (χ3n) is 3.33. The largest absolute Gasteiger partial charge is 0.497 e. The zero-order chi connectivity index (χ0) is 12.2. The number of hydrogen-bond donors (Lipinski definition) is 1. The highest BCUT2D eigenvalue weighted by Gasteiger charge is 2.10. The lowest BCUT2D eigenvalue weighted by Crippen LogP contribution is -2.23. The fourth-order valence-corrected chi connectivity index (χ4v) is 2.34. The topological polar surface area (TPSA) is 21.3 Å².